The maximum absolute atomic E-state index is 12.4. The molecule has 1 unspecified atom stereocenters. The molecule has 156 valence electrons. The Balaban J connectivity index is 1.79. The van der Waals surface area contributed by atoms with Crippen LogP contribution >= 0.6 is 7.94 Å². The summed E-state index contributed by atoms with van der Waals surface area (Å²) in [5, 5.41) is 5.33. The van der Waals surface area contributed by atoms with E-state index in [0.29, 0.717) is 6.54 Å². The van der Waals surface area contributed by atoms with Crippen LogP contribution in [0.25, 0.3) is 11.3 Å². The lowest BCUT2D eigenvalue weighted by Crippen LogP contribution is -2.37. The van der Waals surface area contributed by atoms with Gasteiger partial charge in [0, 0.05) is 19.0 Å². The third kappa shape index (κ3) is 7.80. The number of amides is 2. The van der Waals surface area contributed by atoms with E-state index >= 15 is 0 Å². The minimum Gasteiger partial charge on any atom is -0.611 e. The normalized spacial score (nSPS) is 12.7. The summed E-state index contributed by atoms with van der Waals surface area (Å²) in [7, 11) is -2.02. The lowest BCUT2D eigenvalue weighted by molar-refractivity contribution is -0.157. The first-order valence-corrected chi connectivity index (χ1v) is 11.1. The number of nitrogens with one attached hydrogen (secondary N) is 2. The maximum atomic E-state index is 12.4. The van der Waals surface area contributed by atoms with E-state index in [1.54, 1.807) is 6.26 Å². The highest BCUT2D eigenvalue weighted by atomic mass is 31.1. The zero-order valence-corrected chi connectivity index (χ0v) is 17.9. The van der Waals surface area contributed by atoms with Crippen molar-refractivity contribution in [3.63, 3.8) is 0 Å². The topological polar surface area (TPSA) is 107 Å². The predicted molar refractivity (Wildman–Crippen MR) is 112 cm³/mol. The Bertz CT molecular complexity index is 817. The number of rotatable bonds is 10. The molecule has 8 heteroatoms. The molecule has 0 aliphatic heterocycles. The van der Waals surface area contributed by atoms with E-state index < -0.39 is 14.0 Å². The van der Waals surface area contributed by atoms with Crippen LogP contribution in [0.2, 0.25) is 0 Å². The first kappa shape index (κ1) is 22.8. The Labute approximate surface area is 172 Å². The standard InChI is InChI=1S/C21H28N3O4P/c1-15(2)20(24-29(27)14-23-16(3)25)21(26)22-12-4-6-17-8-10-18(11-9-17)19-7-5-13-28-19/h5,7-11,13,15,20H,4,6,12,14H2,1-3H3,(H,22,26)(H,23,25)/t20-/m0/s1. The second kappa shape index (κ2) is 11.5. The van der Waals surface area contributed by atoms with E-state index in [9.17, 15) is 14.5 Å². The lowest BCUT2D eigenvalue weighted by Gasteiger charge is -2.14. The molecule has 1 heterocycles. The third-order valence-corrected chi connectivity index (χ3v) is 5.25. The van der Waals surface area contributed by atoms with Crippen LogP contribution in [0.4, 0.5) is 0 Å². The molecule has 0 aliphatic carbocycles. The van der Waals surface area contributed by atoms with Gasteiger partial charge < -0.3 is 19.9 Å². The van der Waals surface area contributed by atoms with Crippen molar-refractivity contribution in [2.45, 2.75) is 39.7 Å². The number of carbonyl (C=O) groups excluding carboxylic acids is 2. The molecule has 29 heavy (non-hydrogen) atoms. The average molecular weight is 417 g/mol. The van der Waals surface area contributed by atoms with Gasteiger partial charge in [-0.2, -0.15) is 0 Å². The van der Waals surface area contributed by atoms with Crippen molar-refractivity contribution in [2.75, 3.05) is 12.8 Å². The molecule has 2 N–H and O–H groups in total. The molecule has 2 rings (SSSR count). The molecule has 1 aromatic heterocycles. The number of furan rings is 1. The molecule has 0 bridgehead atoms. The van der Waals surface area contributed by atoms with Gasteiger partial charge in [0.1, 0.15) is 5.76 Å². The summed E-state index contributed by atoms with van der Waals surface area (Å²) in [6, 6.07) is 11.2. The monoisotopic (exact) mass is 417 g/mol. The summed E-state index contributed by atoms with van der Waals surface area (Å²) in [6.45, 7) is 5.58. The van der Waals surface area contributed by atoms with Crippen molar-refractivity contribution < 1.29 is 18.9 Å². The largest absolute Gasteiger partial charge is 0.611 e. The summed E-state index contributed by atoms with van der Waals surface area (Å²) in [6.07, 6.45) is 3.22. The average Bonchev–Trinajstić information content (AvgIpc) is 3.22. The van der Waals surface area contributed by atoms with Crippen molar-refractivity contribution in [2.24, 2.45) is 10.7 Å². The summed E-state index contributed by atoms with van der Waals surface area (Å²) in [4.78, 5) is 35.3. The minimum absolute atomic E-state index is 0.0465. The van der Waals surface area contributed by atoms with Crippen LogP contribution < -0.4 is 15.5 Å². The van der Waals surface area contributed by atoms with Gasteiger partial charge in [0.05, 0.1) is 6.26 Å². The number of carbonyl (C=O) groups is 2. The molecule has 0 saturated heterocycles. The van der Waals surface area contributed by atoms with Crippen molar-refractivity contribution in [3.05, 3.63) is 48.2 Å². The molecule has 0 radical (unpaired) electrons. The summed E-state index contributed by atoms with van der Waals surface area (Å²) in [5.74, 6) is 0.246. The Morgan fingerprint density at radius 2 is 1.90 bits per heavy atom. The maximum Gasteiger partial charge on any atom is 0.249 e. The van der Waals surface area contributed by atoms with Gasteiger partial charge in [-0.25, -0.2) is 0 Å². The molecular formula is C21H28N3O4P. The van der Waals surface area contributed by atoms with E-state index in [1.807, 2.05) is 38.1 Å². The van der Waals surface area contributed by atoms with E-state index in [-0.39, 0.29) is 24.0 Å². The Morgan fingerprint density at radius 1 is 1.17 bits per heavy atom. The molecule has 2 amide bonds. The van der Waals surface area contributed by atoms with Gasteiger partial charge in [0.2, 0.25) is 11.8 Å². The molecule has 2 atom stereocenters. The Hall–Kier alpha value is -2.50. The van der Waals surface area contributed by atoms with Gasteiger partial charge in [-0.3, -0.25) is 9.59 Å². The van der Waals surface area contributed by atoms with E-state index in [0.717, 1.165) is 24.2 Å². The number of hydrogen-bond acceptors (Lipinski definition) is 5. The van der Waals surface area contributed by atoms with Gasteiger partial charge in [-0.05, 0) is 36.5 Å². The highest BCUT2D eigenvalue weighted by Crippen LogP contribution is 2.21. The van der Waals surface area contributed by atoms with Gasteiger partial charge in [0.25, 0.3) is 0 Å². The fourth-order valence-electron chi connectivity index (χ4n) is 2.73. The SMILES string of the molecule is CC(=O)NC[P+]([O-])=N[C@H](C(=O)NCCCc1ccc(-c2ccco2)cc1)C(C)C. The number of nitrogens with zero attached hydrogens (tertiary/aromatic N) is 1. The van der Waals surface area contributed by atoms with Crippen LogP contribution in [-0.2, 0) is 16.0 Å². The lowest BCUT2D eigenvalue weighted by atomic mass is 10.0. The minimum atomic E-state index is -2.02. The highest BCUT2D eigenvalue weighted by Gasteiger charge is 2.24. The van der Waals surface area contributed by atoms with Crippen LogP contribution in [0.5, 0.6) is 0 Å². The van der Waals surface area contributed by atoms with Crippen LogP contribution in [0, 0.1) is 5.92 Å². The van der Waals surface area contributed by atoms with Crippen molar-refractivity contribution >= 4 is 19.8 Å². The fraction of sp³-hybridized carbons (Fsp3) is 0.429. The second-order valence-corrected chi connectivity index (χ2v) is 8.37. The van der Waals surface area contributed by atoms with E-state index in [4.69, 9.17) is 4.42 Å². The summed E-state index contributed by atoms with van der Waals surface area (Å²) in [5.41, 5.74) is 2.21. The number of hydrogen-bond donors (Lipinski definition) is 2. The molecule has 0 saturated carbocycles. The van der Waals surface area contributed by atoms with E-state index in [2.05, 4.69) is 27.5 Å². The van der Waals surface area contributed by atoms with Crippen molar-refractivity contribution in [3.8, 4) is 11.3 Å². The Kier molecular flexibility index (Phi) is 9.03. The van der Waals surface area contributed by atoms with E-state index in [1.165, 1.54) is 12.5 Å². The molecule has 0 aliphatic rings. The van der Waals surface area contributed by atoms with Gasteiger partial charge in [0.15, 0.2) is 20.3 Å². The predicted octanol–water partition coefficient (Wildman–Crippen LogP) is 3.05. The third-order valence-electron chi connectivity index (χ3n) is 4.32. The Morgan fingerprint density at radius 3 is 2.48 bits per heavy atom. The van der Waals surface area contributed by atoms with Crippen LogP contribution in [-0.4, -0.2) is 30.7 Å². The van der Waals surface area contributed by atoms with Crippen molar-refractivity contribution in [1.29, 1.82) is 0 Å². The zero-order chi connectivity index (χ0) is 21.2. The quantitative estimate of drug-likeness (QED) is 0.458. The fourth-order valence-corrected chi connectivity index (χ4v) is 3.82. The van der Waals surface area contributed by atoms with Gasteiger partial charge >= 0.3 is 0 Å². The first-order chi connectivity index (χ1) is 13.9. The highest BCUT2D eigenvalue weighted by molar-refractivity contribution is 7.39. The molecule has 7 nitrogen and oxygen atoms in total. The molecule has 2 aromatic rings. The summed E-state index contributed by atoms with van der Waals surface area (Å²) < 4.78 is 9.47. The van der Waals surface area contributed by atoms with Crippen LogP contribution in [0.3, 0.4) is 0 Å². The van der Waals surface area contributed by atoms with Crippen LogP contribution in [0.15, 0.2) is 51.8 Å². The first-order valence-electron chi connectivity index (χ1n) is 9.67. The molecule has 1 aromatic carbocycles. The molecular weight excluding hydrogens is 389 g/mol. The molecule has 0 spiro atoms. The summed E-state index contributed by atoms with van der Waals surface area (Å²) >= 11 is 0. The van der Waals surface area contributed by atoms with Gasteiger partial charge in [-0.1, -0.05) is 42.9 Å². The number of benzene rings is 1. The van der Waals surface area contributed by atoms with Crippen LogP contribution in [0.1, 0.15) is 32.8 Å². The molecule has 0 fully saturated rings. The van der Waals surface area contributed by atoms with Gasteiger partial charge in [-0.15, -0.1) is 0 Å². The smallest absolute Gasteiger partial charge is 0.249 e. The van der Waals surface area contributed by atoms with Crippen molar-refractivity contribution in [1.82, 2.24) is 10.6 Å². The number of aryl methyl sites for hydroxylation is 1. The zero-order valence-electron chi connectivity index (χ0n) is 17.1. The second-order valence-electron chi connectivity index (χ2n) is 7.12.